The van der Waals surface area contributed by atoms with Crippen molar-refractivity contribution in [3.8, 4) is 11.3 Å². The van der Waals surface area contributed by atoms with Crippen LogP contribution in [0.3, 0.4) is 0 Å². The number of hydrogen-bond donors (Lipinski definition) is 2. The molecule has 1 aliphatic carbocycles. The molecule has 2 heterocycles. The monoisotopic (exact) mass is 362 g/mol. The van der Waals surface area contributed by atoms with Crippen LogP contribution in [0.4, 0.5) is 5.82 Å². The number of anilines is 1. The zero-order valence-corrected chi connectivity index (χ0v) is 15.2. The molecule has 1 aliphatic rings. The van der Waals surface area contributed by atoms with Crippen molar-refractivity contribution >= 4 is 11.7 Å². The number of aromatic nitrogens is 4. The van der Waals surface area contributed by atoms with Gasteiger partial charge >= 0.3 is 0 Å². The number of carbonyl (C=O) groups is 1. The third kappa shape index (κ3) is 3.81. The van der Waals surface area contributed by atoms with Gasteiger partial charge in [-0.2, -0.15) is 0 Å². The zero-order valence-electron chi connectivity index (χ0n) is 15.2. The summed E-state index contributed by atoms with van der Waals surface area (Å²) in [5.41, 5.74) is 7.86. The third-order valence-corrected chi connectivity index (χ3v) is 5.10. The Morgan fingerprint density at radius 2 is 2.11 bits per heavy atom. The van der Waals surface area contributed by atoms with Crippen molar-refractivity contribution in [2.45, 2.75) is 26.3 Å². The molecule has 7 nitrogen and oxygen atoms in total. The Morgan fingerprint density at radius 1 is 1.26 bits per heavy atom. The second-order valence-electron chi connectivity index (χ2n) is 7.19. The minimum Gasteiger partial charge on any atom is -0.382 e. The van der Waals surface area contributed by atoms with Gasteiger partial charge in [0.2, 0.25) is 0 Å². The van der Waals surface area contributed by atoms with E-state index in [4.69, 9.17) is 5.73 Å². The van der Waals surface area contributed by atoms with Crippen molar-refractivity contribution in [2.75, 3.05) is 12.3 Å². The molecule has 4 rings (SSSR count). The first kappa shape index (κ1) is 17.2. The van der Waals surface area contributed by atoms with Crippen LogP contribution < -0.4 is 11.1 Å². The van der Waals surface area contributed by atoms with Crippen LogP contribution in [0.5, 0.6) is 0 Å². The quantitative estimate of drug-likeness (QED) is 0.702. The lowest BCUT2D eigenvalue weighted by Crippen LogP contribution is -2.32. The minimum atomic E-state index is -0.0751. The molecule has 2 aromatic heterocycles. The number of nitrogen functional groups attached to an aromatic ring is 1. The van der Waals surface area contributed by atoms with Crippen LogP contribution in [0.15, 0.2) is 49.1 Å². The predicted molar refractivity (Wildman–Crippen MR) is 103 cm³/mol. The predicted octanol–water partition coefficient (Wildman–Crippen LogP) is 2.44. The lowest BCUT2D eigenvalue weighted by molar-refractivity contribution is 0.0943. The van der Waals surface area contributed by atoms with Gasteiger partial charge in [0.25, 0.3) is 5.91 Å². The first-order chi connectivity index (χ1) is 13.0. The van der Waals surface area contributed by atoms with Gasteiger partial charge in [0.1, 0.15) is 11.6 Å². The van der Waals surface area contributed by atoms with Crippen molar-refractivity contribution < 1.29 is 4.79 Å². The molecule has 0 spiro atoms. The molecule has 138 valence electrons. The molecule has 3 N–H and O–H groups in total. The number of hydrogen-bond acceptors (Lipinski definition) is 5. The van der Waals surface area contributed by atoms with E-state index in [0.717, 1.165) is 30.8 Å². The molecular formula is C20H22N6O. The molecule has 0 aliphatic heterocycles. The molecule has 7 heteroatoms. The Hall–Kier alpha value is -3.22. The zero-order chi connectivity index (χ0) is 18.9. The summed E-state index contributed by atoms with van der Waals surface area (Å²) in [6, 6.07) is 7.39. The minimum absolute atomic E-state index is 0.0751. The van der Waals surface area contributed by atoms with E-state index in [9.17, 15) is 4.79 Å². The second kappa shape index (κ2) is 6.83. The van der Waals surface area contributed by atoms with E-state index in [1.165, 1.54) is 6.20 Å². The maximum atomic E-state index is 12.6. The van der Waals surface area contributed by atoms with Gasteiger partial charge in [-0.15, -0.1) is 0 Å². The van der Waals surface area contributed by atoms with Gasteiger partial charge in [-0.25, -0.2) is 9.97 Å². The molecule has 3 aromatic rings. The van der Waals surface area contributed by atoms with Gasteiger partial charge in [0.05, 0.1) is 18.1 Å². The Kier molecular flexibility index (Phi) is 4.35. The Morgan fingerprint density at radius 3 is 2.78 bits per heavy atom. The van der Waals surface area contributed by atoms with Gasteiger partial charge in [-0.1, -0.05) is 12.1 Å². The Bertz CT molecular complexity index is 959. The van der Waals surface area contributed by atoms with Crippen LogP contribution in [0, 0.1) is 12.3 Å². The van der Waals surface area contributed by atoms with Gasteiger partial charge in [0, 0.05) is 42.0 Å². The first-order valence-electron chi connectivity index (χ1n) is 8.99. The fourth-order valence-corrected chi connectivity index (χ4v) is 3.18. The SMILES string of the molecule is Cc1nccn1CC1(CNC(=O)c2cccc(-c3cnc(N)cn3)c2)CC1. The maximum absolute atomic E-state index is 12.6. The first-order valence-corrected chi connectivity index (χ1v) is 8.99. The average Bonchev–Trinajstić information content (AvgIpc) is 3.34. The Balaban J connectivity index is 1.42. The van der Waals surface area contributed by atoms with Crippen LogP contribution in [-0.4, -0.2) is 32.0 Å². The molecule has 1 amide bonds. The van der Waals surface area contributed by atoms with Crippen LogP contribution in [0.2, 0.25) is 0 Å². The second-order valence-corrected chi connectivity index (χ2v) is 7.19. The summed E-state index contributed by atoms with van der Waals surface area (Å²) in [4.78, 5) is 25.2. The van der Waals surface area contributed by atoms with E-state index in [0.29, 0.717) is 23.6 Å². The summed E-state index contributed by atoms with van der Waals surface area (Å²) in [5, 5.41) is 3.09. The van der Waals surface area contributed by atoms with E-state index < -0.39 is 0 Å². The van der Waals surface area contributed by atoms with Gasteiger partial charge in [-0.05, 0) is 31.9 Å². The number of nitrogens with one attached hydrogen (secondary N) is 1. The lowest BCUT2D eigenvalue weighted by atomic mass is 10.1. The number of imidazole rings is 1. The van der Waals surface area contributed by atoms with E-state index >= 15 is 0 Å². The summed E-state index contributed by atoms with van der Waals surface area (Å²) in [7, 11) is 0. The van der Waals surface area contributed by atoms with Crippen molar-refractivity contribution in [2.24, 2.45) is 5.41 Å². The fraction of sp³-hybridized carbons (Fsp3) is 0.300. The number of amides is 1. The summed E-state index contributed by atoms with van der Waals surface area (Å²) in [5.74, 6) is 1.30. The van der Waals surface area contributed by atoms with E-state index in [2.05, 4.69) is 24.8 Å². The molecule has 1 fully saturated rings. The number of rotatable bonds is 6. The summed E-state index contributed by atoms with van der Waals surface area (Å²) < 4.78 is 2.15. The molecule has 27 heavy (non-hydrogen) atoms. The fourth-order valence-electron chi connectivity index (χ4n) is 3.18. The summed E-state index contributed by atoms with van der Waals surface area (Å²) in [6.07, 6.45) is 9.16. The van der Waals surface area contributed by atoms with E-state index in [-0.39, 0.29) is 11.3 Å². The standard InChI is InChI=1S/C20H22N6O/c1-14-22-7-8-26(14)13-20(5-6-20)12-25-19(27)16-4-2-3-15(9-16)17-10-24-18(21)11-23-17/h2-4,7-11H,5-6,12-13H2,1H3,(H2,21,24)(H,25,27). The highest BCUT2D eigenvalue weighted by atomic mass is 16.1. The molecule has 0 unspecified atom stereocenters. The smallest absolute Gasteiger partial charge is 0.251 e. The largest absolute Gasteiger partial charge is 0.382 e. The number of nitrogens with two attached hydrogens (primary N) is 1. The van der Waals surface area contributed by atoms with Crippen molar-refractivity contribution in [1.29, 1.82) is 0 Å². The number of carbonyl (C=O) groups excluding carboxylic acids is 1. The average molecular weight is 362 g/mol. The van der Waals surface area contributed by atoms with Crippen molar-refractivity contribution in [1.82, 2.24) is 24.8 Å². The van der Waals surface area contributed by atoms with Gasteiger partial charge < -0.3 is 15.6 Å². The maximum Gasteiger partial charge on any atom is 0.251 e. The third-order valence-electron chi connectivity index (χ3n) is 5.10. The van der Waals surface area contributed by atoms with Crippen molar-refractivity contribution in [3.63, 3.8) is 0 Å². The molecule has 0 atom stereocenters. The van der Waals surface area contributed by atoms with Crippen LogP contribution in [0.25, 0.3) is 11.3 Å². The van der Waals surface area contributed by atoms with Crippen LogP contribution >= 0.6 is 0 Å². The normalized spacial score (nSPS) is 14.7. The Labute approximate surface area is 157 Å². The highest BCUT2D eigenvalue weighted by Crippen LogP contribution is 2.46. The molecule has 0 radical (unpaired) electrons. The van der Waals surface area contributed by atoms with Gasteiger partial charge in [-0.3, -0.25) is 9.78 Å². The topological polar surface area (TPSA) is 98.7 Å². The molecule has 0 bridgehead atoms. The number of nitrogens with zero attached hydrogens (tertiary/aromatic N) is 4. The van der Waals surface area contributed by atoms with Crippen molar-refractivity contribution in [3.05, 3.63) is 60.4 Å². The molecule has 1 saturated carbocycles. The molecule has 1 aromatic carbocycles. The lowest BCUT2D eigenvalue weighted by Gasteiger charge is -2.18. The molecular weight excluding hydrogens is 340 g/mol. The van der Waals surface area contributed by atoms with E-state index in [1.54, 1.807) is 6.20 Å². The highest BCUT2D eigenvalue weighted by Gasteiger charge is 2.43. The van der Waals surface area contributed by atoms with Crippen LogP contribution in [-0.2, 0) is 6.54 Å². The highest BCUT2D eigenvalue weighted by molar-refractivity contribution is 5.95. The summed E-state index contributed by atoms with van der Waals surface area (Å²) >= 11 is 0. The molecule has 0 saturated heterocycles. The van der Waals surface area contributed by atoms with Gasteiger partial charge in [0.15, 0.2) is 0 Å². The number of benzene rings is 1. The number of aryl methyl sites for hydroxylation is 1. The summed E-state index contributed by atoms with van der Waals surface area (Å²) in [6.45, 7) is 3.55. The van der Waals surface area contributed by atoms with Crippen LogP contribution in [0.1, 0.15) is 29.0 Å². The van der Waals surface area contributed by atoms with E-state index in [1.807, 2.05) is 43.6 Å².